The van der Waals surface area contributed by atoms with E-state index < -0.39 is 0 Å². The van der Waals surface area contributed by atoms with E-state index in [-0.39, 0.29) is 11.8 Å². The lowest BCUT2D eigenvalue weighted by Gasteiger charge is -2.36. The molecule has 148 valence electrons. The summed E-state index contributed by atoms with van der Waals surface area (Å²) in [6, 6.07) is 11.1. The lowest BCUT2D eigenvalue weighted by molar-refractivity contribution is -0.135. The van der Waals surface area contributed by atoms with Gasteiger partial charge < -0.3 is 15.1 Å². The van der Waals surface area contributed by atoms with Gasteiger partial charge in [-0.15, -0.1) is 0 Å². The number of nitrogens with zero attached hydrogens (tertiary/aromatic N) is 2. The Morgan fingerprint density at radius 2 is 1.89 bits per heavy atom. The summed E-state index contributed by atoms with van der Waals surface area (Å²) in [5.41, 5.74) is 1.41. The fourth-order valence-electron chi connectivity index (χ4n) is 4.47. The Balaban J connectivity index is 1.45. The highest BCUT2D eigenvalue weighted by molar-refractivity contribution is 5.77. The molecule has 0 aromatic heterocycles. The van der Waals surface area contributed by atoms with Crippen LogP contribution in [0.25, 0.3) is 0 Å². The van der Waals surface area contributed by atoms with Gasteiger partial charge in [0.05, 0.1) is 0 Å². The molecule has 0 aliphatic carbocycles. The van der Waals surface area contributed by atoms with Gasteiger partial charge >= 0.3 is 0 Å². The Kier molecular flexibility index (Phi) is 7.27. The molecule has 0 saturated carbocycles. The summed E-state index contributed by atoms with van der Waals surface area (Å²) in [6.45, 7) is 6.28. The van der Waals surface area contributed by atoms with E-state index in [1.165, 1.54) is 25.3 Å². The molecule has 2 bridgehead atoms. The number of carbonyl (C=O) groups excluding carboxylic acids is 2. The van der Waals surface area contributed by atoms with Crippen LogP contribution in [0.3, 0.4) is 0 Å². The summed E-state index contributed by atoms with van der Waals surface area (Å²) in [4.78, 5) is 28.3. The normalized spacial score (nSPS) is 22.5. The van der Waals surface area contributed by atoms with Crippen LogP contribution in [0, 0.1) is 5.92 Å². The molecular formula is C22H33N3O2. The van der Waals surface area contributed by atoms with Gasteiger partial charge in [0.25, 0.3) is 0 Å². The highest BCUT2D eigenvalue weighted by Crippen LogP contribution is 2.28. The number of benzene rings is 1. The first-order chi connectivity index (χ1) is 13.1. The van der Waals surface area contributed by atoms with Crippen molar-refractivity contribution in [3.63, 3.8) is 0 Å². The Morgan fingerprint density at radius 3 is 2.67 bits per heavy atom. The second-order valence-corrected chi connectivity index (χ2v) is 8.08. The van der Waals surface area contributed by atoms with Crippen molar-refractivity contribution in [2.45, 2.75) is 51.5 Å². The van der Waals surface area contributed by atoms with E-state index in [9.17, 15) is 9.59 Å². The molecule has 1 aromatic carbocycles. The zero-order chi connectivity index (χ0) is 19.1. The van der Waals surface area contributed by atoms with Crippen molar-refractivity contribution in [1.29, 1.82) is 0 Å². The molecule has 2 atom stereocenters. The van der Waals surface area contributed by atoms with Crippen LogP contribution in [0.2, 0.25) is 0 Å². The van der Waals surface area contributed by atoms with Crippen molar-refractivity contribution in [3.05, 3.63) is 35.9 Å². The van der Waals surface area contributed by atoms with Crippen LogP contribution >= 0.6 is 0 Å². The van der Waals surface area contributed by atoms with Crippen molar-refractivity contribution in [1.82, 2.24) is 15.1 Å². The molecule has 2 amide bonds. The van der Waals surface area contributed by atoms with Gasteiger partial charge in [0.2, 0.25) is 11.8 Å². The van der Waals surface area contributed by atoms with Gasteiger partial charge in [-0.2, -0.15) is 0 Å². The summed E-state index contributed by atoms with van der Waals surface area (Å²) >= 11 is 0. The third-order valence-corrected chi connectivity index (χ3v) is 5.83. The number of nitrogens with one attached hydrogen (secondary N) is 1. The molecule has 5 heteroatoms. The Morgan fingerprint density at radius 1 is 1.07 bits per heavy atom. The average molecular weight is 372 g/mol. The topological polar surface area (TPSA) is 52.7 Å². The Hall–Kier alpha value is -1.88. The van der Waals surface area contributed by atoms with Gasteiger partial charge in [0, 0.05) is 45.6 Å². The van der Waals surface area contributed by atoms with E-state index in [1.54, 1.807) is 0 Å². The number of carbonyl (C=O) groups is 2. The molecule has 3 aliphatic rings. The lowest BCUT2D eigenvalue weighted by atomic mass is 9.94. The first kappa shape index (κ1) is 19.9. The molecule has 3 heterocycles. The smallest absolute Gasteiger partial charge is 0.222 e. The predicted molar refractivity (Wildman–Crippen MR) is 107 cm³/mol. The van der Waals surface area contributed by atoms with E-state index in [0.717, 1.165) is 45.4 Å². The minimum atomic E-state index is -0.0255. The monoisotopic (exact) mass is 371 g/mol. The molecule has 27 heavy (non-hydrogen) atoms. The molecule has 4 rings (SSSR count). The first-order valence-electron chi connectivity index (χ1n) is 10.4. The molecule has 1 aromatic rings. The number of piperidine rings is 1. The fourth-order valence-corrected chi connectivity index (χ4v) is 4.47. The van der Waals surface area contributed by atoms with Gasteiger partial charge in [-0.3, -0.25) is 9.59 Å². The summed E-state index contributed by atoms with van der Waals surface area (Å²) in [5, 5.41) is 2.78. The SMILES string of the molecule is CC(=O)NCCCC(=O)N1C[C@H]2CC[C@@H]1CN(CCCc1ccccc1)C2. The van der Waals surface area contributed by atoms with Crippen LogP contribution in [0.15, 0.2) is 30.3 Å². The summed E-state index contributed by atoms with van der Waals surface area (Å²) < 4.78 is 0. The Bertz CT molecular complexity index is 619. The highest BCUT2D eigenvalue weighted by Gasteiger charge is 2.36. The second kappa shape index (κ2) is 9.88. The summed E-state index contributed by atoms with van der Waals surface area (Å²) in [5.74, 6) is 0.850. The molecule has 3 aliphatic heterocycles. The number of amides is 2. The lowest BCUT2D eigenvalue weighted by Crippen LogP contribution is -2.47. The number of hydrogen-bond acceptors (Lipinski definition) is 3. The fraction of sp³-hybridized carbons (Fsp3) is 0.636. The van der Waals surface area contributed by atoms with E-state index in [2.05, 4.69) is 45.4 Å². The van der Waals surface area contributed by atoms with E-state index >= 15 is 0 Å². The minimum Gasteiger partial charge on any atom is -0.356 e. The second-order valence-electron chi connectivity index (χ2n) is 8.08. The summed E-state index contributed by atoms with van der Waals surface area (Å²) in [7, 11) is 0. The van der Waals surface area contributed by atoms with E-state index in [0.29, 0.717) is 24.9 Å². The number of rotatable bonds is 8. The zero-order valence-electron chi connectivity index (χ0n) is 16.5. The van der Waals surface area contributed by atoms with Crippen molar-refractivity contribution < 1.29 is 9.59 Å². The van der Waals surface area contributed by atoms with Crippen LogP contribution in [-0.2, 0) is 16.0 Å². The zero-order valence-corrected chi connectivity index (χ0v) is 16.5. The Labute approximate surface area is 163 Å². The van der Waals surface area contributed by atoms with Gasteiger partial charge in [0.1, 0.15) is 0 Å². The van der Waals surface area contributed by atoms with Crippen molar-refractivity contribution >= 4 is 11.8 Å². The van der Waals surface area contributed by atoms with Crippen molar-refractivity contribution in [3.8, 4) is 0 Å². The van der Waals surface area contributed by atoms with Crippen LogP contribution in [0.4, 0.5) is 0 Å². The van der Waals surface area contributed by atoms with E-state index in [4.69, 9.17) is 0 Å². The van der Waals surface area contributed by atoms with Crippen LogP contribution in [-0.4, -0.2) is 60.4 Å². The van der Waals surface area contributed by atoms with Gasteiger partial charge in [-0.05, 0) is 50.1 Å². The van der Waals surface area contributed by atoms with Gasteiger partial charge in [-0.25, -0.2) is 0 Å². The number of aryl methyl sites for hydroxylation is 1. The molecule has 0 radical (unpaired) electrons. The standard InChI is InChI=1S/C22H33N3O2/c1-18(26)23-13-5-10-22(27)25-16-20-11-12-21(25)17-24(15-20)14-6-9-19-7-3-2-4-8-19/h2-4,7-8,20-21H,5-6,9-17H2,1H3,(H,23,26)/t20-,21+/m0/s1. The maximum atomic E-state index is 12.7. The molecule has 3 fully saturated rings. The van der Waals surface area contributed by atoms with E-state index in [1.807, 2.05) is 0 Å². The molecule has 0 unspecified atom stereocenters. The van der Waals surface area contributed by atoms with Crippen LogP contribution in [0.1, 0.15) is 44.6 Å². The number of fused-ring (bicyclic) bond motifs is 4. The molecular weight excluding hydrogens is 338 g/mol. The molecule has 3 saturated heterocycles. The van der Waals surface area contributed by atoms with Gasteiger partial charge in [-0.1, -0.05) is 30.3 Å². The third-order valence-electron chi connectivity index (χ3n) is 5.83. The quantitative estimate of drug-likeness (QED) is 0.714. The predicted octanol–water partition coefficient (Wildman–Crippen LogP) is 2.46. The largest absolute Gasteiger partial charge is 0.356 e. The summed E-state index contributed by atoms with van der Waals surface area (Å²) in [6.07, 6.45) is 5.95. The van der Waals surface area contributed by atoms with Crippen molar-refractivity contribution in [2.24, 2.45) is 5.92 Å². The average Bonchev–Trinajstić information content (AvgIpc) is 2.97. The van der Waals surface area contributed by atoms with Crippen LogP contribution < -0.4 is 5.32 Å². The molecule has 1 N–H and O–H groups in total. The maximum absolute atomic E-state index is 12.7. The third kappa shape index (κ3) is 6.06. The molecule has 0 spiro atoms. The van der Waals surface area contributed by atoms with Crippen LogP contribution in [0.5, 0.6) is 0 Å². The van der Waals surface area contributed by atoms with Gasteiger partial charge in [0.15, 0.2) is 0 Å². The number of hydrogen-bond donors (Lipinski definition) is 1. The maximum Gasteiger partial charge on any atom is 0.222 e. The van der Waals surface area contributed by atoms with Crippen molar-refractivity contribution in [2.75, 3.05) is 32.7 Å². The minimum absolute atomic E-state index is 0.0255. The molecule has 5 nitrogen and oxygen atoms in total. The first-order valence-corrected chi connectivity index (χ1v) is 10.4. The highest BCUT2D eigenvalue weighted by atomic mass is 16.2.